The molecule has 3 atom stereocenters. The van der Waals surface area contributed by atoms with Crippen molar-refractivity contribution in [3.05, 3.63) is 29.8 Å². The summed E-state index contributed by atoms with van der Waals surface area (Å²) in [6, 6.07) is 7.57. The number of amides is 1. The van der Waals surface area contributed by atoms with Crippen molar-refractivity contribution in [2.75, 3.05) is 23.0 Å². The predicted molar refractivity (Wildman–Crippen MR) is 91.4 cm³/mol. The maximum Gasteiger partial charge on any atom is 0.241 e. The van der Waals surface area contributed by atoms with Crippen molar-refractivity contribution in [1.82, 2.24) is 4.90 Å². The first-order valence-electron chi connectivity index (χ1n) is 8.17. The maximum atomic E-state index is 12.8. The lowest BCUT2D eigenvalue weighted by Gasteiger charge is -2.45. The summed E-state index contributed by atoms with van der Waals surface area (Å²) in [7, 11) is -3.11. The zero-order valence-electron chi connectivity index (χ0n) is 13.9. The lowest BCUT2D eigenvalue weighted by Crippen LogP contribution is -2.63. The van der Waals surface area contributed by atoms with Crippen LogP contribution in [0.25, 0.3) is 0 Å². The normalized spacial score (nSPS) is 28.7. The van der Waals surface area contributed by atoms with Crippen LogP contribution < -0.4 is 4.90 Å². The molecule has 5 nitrogen and oxygen atoms in total. The van der Waals surface area contributed by atoms with Gasteiger partial charge in [0.25, 0.3) is 0 Å². The average Bonchev–Trinajstić information content (AvgIpc) is 2.80. The molecule has 2 saturated heterocycles. The molecule has 0 spiro atoms. The van der Waals surface area contributed by atoms with Gasteiger partial charge in [-0.15, -0.1) is 0 Å². The Balaban J connectivity index is 2.01. The van der Waals surface area contributed by atoms with Crippen molar-refractivity contribution in [2.24, 2.45) is 0 Å². The van der Waals surface area contributed by atoms with E-state index in [1.807, 2.05) is 31.2 Å². The molecule has 2 aliphatic heterocycles. The molecule has 126 valence electrons. The number of piperazine rings is 1. The van der Waals surface area contributed by atoms with Gasteiger partial charge in [0.15, 0.2) is 9.84 Å². The highest BCUT2D eigenvalue weighted by atomic mass is 32.2. The Kier molecular flexibility index (Phi) is 4.23. The van der Waals surface area contributed by atoms with E-state index in [-0.39, 0.29) is 35.5 Å². The molecule has 1 aromatic carbocycles. The molecule has 2 heterocycles. The Hall–Kier alpha value is -1.40. The number of hydrogen-bond acceptors (Lipinski definition) is 4. The summed E-state index contributed by atoms with van der Waals surface area (Å²) >= 11 is 0. The number of aryl methyl sites for hydroxylation is 1. The first kappa shape index (κ1) is 16.5. The highest BCUT2D eigenvalue weighted by molar-refractivity contribution is 7.91. The van der Waals surface area contributed by atoms with Gasteiger partial charge in [-0.1, -0.05) is 19.1 Å². The van der Waals surface area contributed by atoms with Crippen molar-refractivity contribution in [3.8, 4) is 0 Å². The van der Waals surface area contributed by atoms with Crippen molar-refractivity contribution in [3.63, 3.8) is 0 Å². The third-order valence-corrected chi connectivity index (χ3v) is 6.77. The summed E-state index contributed by atoms with van der Waals surface area (Å²) in [6.07, 6.45) is 0.904. The molecule has 0 N–H and O–H groups in total. The van der Waals surface area contributed by atoms with Gasteiger partial charge in [-0.2, -0.15) is 0 Å². The van der Waals surface area contributed by atoms with Crippen LogP contribution in [0.3, 0.4) is 0 Å². The SMILES string of the molecule is CC[C@H](C)N1CC(=O)N(c2cccc(C)c2)[C@@H]2CS(=O)(=O)C[C@@H]21. The molecule has 2 fully saturated rings. The topological polar surface area (TPSA) is 57.7 Å². The molecule has 1 aromatic rings. The summed E-state index contributed by atoms with van der Waals surface area (Å²) in [6.45, 7) is 6.41. The molecule has 2 aliphatic rings. The van der Waals surface area contributed by atoms with Gasteiger partial charge >= 0.3 is 0 Å². The summed E-state index contributed by atoms with van der Waals surface area (Å²) in [5.41, 5.74) is 1.88. The van der Waals surface area contributed by atoms with Crippen LogP contribution in [-0.2, 0) is 14.6 Å². The fraction of sp³-hybridized carbons (Fsp3) is 0.588. The molecule has 0 aliphatic carbocycles. The van der Waals surface area contributed by atoms with Crippen LogP contribution in [0.2, 0.25) is 0 Å². The maximum absolute atomic E-state index is 12.8. The van der Waals surface area contributed by atoms with Gasteiger partial charge in [0, 0.05) is 17.8 Å². The molecule has 0 saturated carbocycles. The van der Waals surface area contributed by atoms with Gasteiger partial charge in [0.05, 0.1) is 24.1 Å². The fourth-order valence-corrected chi connectivity index (χ4v) is 5.70. The highest BCUT2D eigenvalue weighted by Gasteiger charge is 2.50. The number of fused-ring (bicyclic) bond motifs is 1. The number of carbonyl (C=O) groups excluding carboxylic acids is 1. The van der Waals surface area contributed by atoms with Crippen molar-refractivity contribution in [1.29, 1.82) is 0 Å². The van der Waals surface area contributed by atoms with Crippen LogP contribution in [0, 0.1) is 6.92 Å². The van der Waals surface area contributed by atoms with Crippen LogP contribution in [0.15, 0.2) is 24.3 Å². The van der Waals surface area contributed by atoms with E-state index in [0.717, 1.165) is 17.7 Å². The minimum atomic E-state index is -3.11. The summed E-state index contributed by atoms with van der Waals surface area (Å²) in [4.78, 5) is 16.6. The smallest absolute Gasteiger partial charge is 0.241 e. The molecule has 0 radical (unpaired) electrons. The van der Waals surface area contributed by atoms with Crippen LogP contribution in [-0.4, -0.2) is 55.4 Å². The summed E-state index contributed by atoms with van der Waals surface area (Å²) < 4.78 is 24.5. The van der Waals surface area contributed by atoms with E-state index < -0.39 is 9.84 Å². The molecular weight excluding hydrogens is 312 g/mol. The fourth-order valence-electron chi connectivity index (χ4n) is 3.74. The van der Waals surface area contributed by atoms with Crippen LogP contribution in [0.4, 0.5) is 5.69 Å². The van der Waals surface area contributed by atoms with Crippen molar-refractivity contribution in [2.45, 2.75) is 45.3 Å². The highest BCUT2D eigenvalue weighted by Crippen LogP contribution is 2.33. The number of anilines is 1. The monoisotopic (exact) mass is 336 g/mol. The van der Waals surface area contributed by atoms with Gasteiger partial charge < -0.3 is 4.90 Å². The Bertz CT molecular complexity index is 716. The van der Waals surface area contributed by atoms with Gasteiger partial charge in [-0.05, 0) is 38.0 Å². The number of sulfone groups is 1. The molecule has 6 heteroatoms. The van der Waals surface area contributed by atoms with E-state index in [2.05, 4.69) is 18.7 Å². The zero-order valence-corrected chi connectivity index (χ0v) is 14.7. The second kappa shape index (κ2) is 5.91. The zero-order chi connectivity index (χ0) is 16.8. The average molecular weight is 336 g/mol. The van der Waals surface area contributed by atoms with Crippen LogP contribution in [0.1, 0.15) is 25.8 Å². The Morgan fingerprint density at radius 1 is 1.26 bits per heavy atom. The van der Waals surface area contributed by atoms with Crippen LogP contribution in [0.5, 0.6) is 0 Å². The van der Waals surface area contributed by atoms with E-state index >= 15 is 0 Å². The number of benzene rings is 1. The van der Waals surface area contributed by atoms with E-state index in [9.17, 15) is 13.2 Å². The van der Waals surface area contributed by atoms with E-state index in [4.69, 9.17) is 0 Å². The molecule has 1 amide bonds. The van der Waals surface area contributed by atoms with E-state index in [1.54, 1.807) is 4.90 Å². The first-order valence-corrected chi connectivity index (χ1v) is 9.99. The molecule has 23 heavy (non-hydrogen) atoms. The lowest BCUT2D eigenvalue weighted by atomic mass is 10.00. The molecule has 3 rings (SSSR count). The van der Waals surface area contributed by atoms with Gasteiger partial charge in [0.2, 0.25) is 5.91 Å². The van der Waals surface area contributed by atoms with E-state index in [1.165, 1.54) is 0 Å². The second-order valence-electron chi connectivity index (χ2n) is 6.74. The second-order valence-corrected chi connectivity index (χ2v) is 8.90. The third-order valence-electron chi connectivity index (χ3n) is 5.07. The number of rotatable bonds is 3. The molecule has 0 aromatic heterocycles. The Morgan fingerprint density at radius 3 is 2.61 bits per heavy atom. The standard InChI is InChI=1S/C17H24N2O3S/c1-4-13(3)18-9-17(20)19(14-7-5-6-12(2)8-14)16-11-23(21,22)10-15(16)18/h5-8,13,15-16H,4,9-11H2,1-3H3/t13-,15-,16+/m0/s1. The van der Waals surface area contributed by atoms with E-state index in [0.29, 0.717) is 6.54 Å². The number of nitrogens with zero attached hydrogens (tertiary/aromatic N) is 2. The molecule has 0 unspecified atom stereocenters. The van der Waals surface area contributed by atoms with Crippen molar-refractivity contribution < 1.29 is 13.2 Å². The Labute approximate surface area is 138 Å². The minimum absolute atomic E-state index is 0.00532. The molecular formula is C17H24N2O3S. The first-order chi connectivity index (χ1) is 10.8. The summed E-state index contributed by atoms with van der Waals surface area (Å²) in [5.74, 6) is 0.205. The number of carbonyl (C=O) groups is 1. The van der Waals surface area contributed by atoms with Crippen LogP contribution >= 0.6 is 0 Å². The largest absolute Gasteiger partial charge is 0.306 e. The van der Waals surface area contributed by atoms with Gasteiger partial charge in [-0.25, -0.2) is 8.42 Å². The number of hydrogen-bond donors (Lipinski definition) is 0. The van der Waals surface area contributed by atoms with Crippen molar-refractivity contribution >= 4 is 21.4 Å². The minimum Gasteiger partial charge on any atom is -0.306 e. The molecule has 0 bridgehead atoms. The Morgan fingerprint density at radius 2 is 1.96 bits per heavy atom. The summed E-state index contributed by atoms with van der Waals surface area (Å²) in [5, 5.41) is 0. The third kappa shape index (κ3) is 3.02. The van der Waals surface area contributed by atoms with Gasteiger partial charge in [-0.3, -0.25) is 9.69 Å². The quantitative estimate of drug-likeness (QED) is 0.841. The van der Waals surface area contributed by atoms with Gasteiger partial charge in [0.1, 0.15) is 0 Å². The lowest BCUT2D eigenvalue weighted by molar-refractivity contribution is -0.124. The predicted octanol–water partition coefficient (Wildman–Crippen LogP) is 1.61.